The number of fused-ring (bicyclic) bond motifs is 1. The van der Waals surface area contributed by atoms with E-state index in [4.69, 9.17) is 9.47 Å². The first-order valence-corrected chi connectivity index (χ1v) is 8.89. The van der Waals surface area contributed by atoms with Crippen molar-refractivity contribution in [2.45, 2.75) is 63.9 Å². The zero-order chi connectivity index (χ0) is 20.4. The van der Waals surface area contributed by atoms with Crippen LogP contribution in [-0.2, 0) is 23.9 Å². The summed E-state index contributed by atoms with van der Waals surface area (Å²) in [5.74, 6) is -2.10. The minimum Gasteiger partial charge on any atom is -0.480 e. The van der Waals surface area contributed by atoms with Gasteiger partial charge < -0.3 is 29.7 Å². The second-order valence-corrected chi connectivity index (χ2v) is 7.75. The number of nitrogens with zero attached hydrogens (tertiary/aromatic N) is 2. The van der Waals surface area contributed by atoms with Crippen molar-refractivity contribution < 1.29 is 33.8 Å². The number of likely N-dealkylation sites (N-methyl/N-ethyl adjacent to an activating group) is 1. The van der Waals surface area contributed by atoms with Crippen LogP contribution in [0.3, 0.4) is 0 Å². The van der Waals surface area contributed by atoms with Crippen LogP contribution in [0.2, 0.25) is 0 Å². The number of nitrogens with one attached hydrogen (secondary N) is 1. The zero-order valence-electron chi connectivity index (χ0n) is 16.1. The van der Waals surface area contributed by atoms with E-state index >= 15 is 0 Å². The summed E-state index contributed by atoms with van der Waals surface area (Å²) in [5.41, 5.74) is -0.687. The Hall–Kier alpha value is -2.36. The number of rotatable bonds is 4. The molecule has 0 aromatic carbocycles. The predicted octanol–water partition coefficient (Wildman–Crippen LogP) is 0.160. The first-order valence-electron chi connectivity index (χ1n) is 8.89. The molecule has 2 aliphatic rings. The molecule has 2 fully saturated rings. The van der Waals surface area contributed by atoms with Gasteiger partial charge in [-0.1, -0.05) is 0 Å². The molecule has 0 aromatic heterocycles. The van der Waals surface area contributed by atoms with Gasteiger partial charge in [0.1, 0.15) is 30.5 Å². The van der Waals surface area contributed by atoms with Gasteiger partial charge >= 0.3 is 12.1 Å². The standard InChI is InChI=1S/C17H27N3O7/c1-17(2,3)27-16(25)19(4)9-12(21)18-10-7-8-26-13-6-5-11(15(23)24)20(13)14(10)22/h10-11,13H,5-9H2,1-4H3,(H,18,21)(H,23,24)/t10-,11+,13-/m0/s1. The molecular formula is C17H27N3O7. The van der Waals surface area contributed by atoms with Crippen molar-refractivity contribution >= 4 is 23.9 Å². The molecular weight excluding hydrogens is 358 g/mol. The summed E-state index contributed by atoms with van der Waals surface area (Å²) >= 11 is 0. The fraction of sp³-hybridized carbons (Fsp3) is 0.765. The molecule has 10 heteroatoms. The van der Waals surface area contributed by atoms with Crippen LogP contribution >= 0.6 is 0 Å². The lowest BCUT2D eigenvalue weighted by Gasteiger charge is -2.28. The molecule has 27 heavy (non-hydrogen) atoms. The lowest BCUT2D eigenvalue weighted by Crippen LogP contribution is -2.54. The highest BCUT2D eigenvalue weighted by Gasteiger charge is 2.45. The monoisotopic (exact) mass is 385 g/mol. The van der Waals surface area contributed by atoms with Crippen molar-refractivity contribution in [3.63, 3.8) is 0 Å². The lowest BCUT2D eigenvalue weighted by atomic mass is 10.1. The molecule has 0 aromatic rings. The molecule has 152 valence electrons. The van der Waals surface area contributed by atoms with Gasteiger partial charge in [0.05, 0.1) is 6.61 Å². The Morgan fingerprint density at radius 1 is 1.30 bits per heavy atom. The van der Waals surface area contributed by atoms with E-state index in [2.05, 4.69) is 5.32 Å². The number of carbonyl (C=O) groups is 4. The molecule has 10 nitrogen and oxygen atoms in total. The zero-order valence-corrected chi connectivity index (χ0v) is 16.1. The first-order chi connectivity index (χ1) is 12.5. The summed E-state index contributed by atoms with van der Waals surface area (Å²) < 4.78 is 10.7. The van der Waals surface area contributed by atoms with Crippen molar-refractivity contribution in [2.75, 3.05) is 20.2 Å². The Bertz CT molecular complexity index is 616. The number of ether oxygens (including phenoxy) is 2. The summed E-state index contributed by atoms with van der Waals surface area (Å²) in [4.78, 5) is 50.6. The maximum absolute atomic E-state index is 12.7. The Morgan fingerprint density at radius 2 is 1.96 bits per heavy atom. The molecule has 3 amide bonds. The average Bonchev–Trinajstić information content (AvgIpc) is 2.89. The van der Waals surface area contributed by atoms with Crippen LogP contribution in [0, 0.1) is 0 Å². The molecule has 0 spiro atoms. The van der Waals surface area contributed by atoms with Crippen LogP contribution in [0.15, 0.2) is 0 Å². The maximum Gasteiger partial charge on any atom is 0.410 e. The van der Waals surface area contributed by atoms with Crippen LogP contribution in [-0.4, -0.2) is 82.9 Å². The minimum absolute atomic E-state index is 0.228. The highest BCUT2D eigenvalue weighted by molar-refractivity contribution is 5.92. The van der Waals surface area contributed by atoms with E-state index in [0.717, 1.165) is 4.90 Å². The van der Waals surface area contributed by atoms with Gasteiger partial charge in [0, 0.05) is 13.5 Å². The topological polar surface area (TPSA) is 125 Å². The molecule has 0 saturated carbocycles. The van der Waals surface area contributed by atoms with E-state index in [1.54, 1.807) is 20.8 Å². The number of carbonyl (C=O) groups excluding carboxylic acids is 3. The van der Waals surface area contributed by atoms with Gasteiger partial charge in [0.15, 0.2) is 0 Å². The third kappa shape index (κ3) is 5.31. The Labute approximate surface area is 157 Å². The SMILES string of the molecule is CN(CC(=O)N[C@H]1CCO[C@H]2CC[C@H](C(=O)O)N2C1=O)C(=O)OC(C)(C)C. The van der Waals surface area contributed by atoms with E-state index in [9.17, 15) is 24.3 Å². The minimum atomic E-state index is -1.09. The number of aliphatic carboxylic acids is 1. The van der Waals surface area contributed by atoms with Gasteiger partial charge in [0.25, 0.3) is 0 Å². The van der Waals surface area contributed by atoms with Crippen LogP contribution in [0.4, 0.5) is 4.79 Å². The van der Waals surface area contributed by atoms with Gasteiger partial charge in [0.2, 0.25) is 11.8 Å². The van der Waals surface area contributed by atoms with Gasteiger partial charge in [-0.3, -0.25) is 9.59 Å². The molecule has 3 atom stereocenters. The van der Waals surface area contributed by atoms with Crippen LogP contribution in [0.1, 0.15) is 40.0 Å². The van der Waals surface area contributed by atoms with Crippen LogP contribution in [0.25, 0.3) is 0 Å². The molecule has 0 unspecified atom stereocenters. The number of hydrogen-bond acceptors (Lipinski definition) is 6. The number of amides is 3. The molecule has 0 bridgehead atoms. The second-order valence-electron chi connectivity index (χ2n) is 7.75. The van der Waals surface area contributed by atoms with Crippen LogP contribution in [0.5, 0.6) is 0 Å². The van der Waals surface area contributed by atoms with Gasteiger partial charge in [-0.05, 0) is 33.6 Å². The highest BCUT2D eigenvalue weighted by atomic mass is 16.6. The number of hydrogen-bond donors (Lipinski definition) is 2. The Balaban J connectivity index is 1.97. The fourth-order valence-electron chi connectivity index (χ4n) is 3.10. The molecule has 0 radical (unpaired) electrons. The largest absolute Gasteiger partial charge is 0.480 e. The maximum atomic E-state index is 12.7. The molecule has 2 N–H and O–H groups in total. The van der Waals surface area contributed by atoms with E-state index in [0.29, 0.717) is 12.8 Å². The summed E-state index contributed by atoms with van der Waals surface area (Å²) in [6.07, 6.45) is -0.234. The third-order valence-electron chi connectivity index (χ3n) is 4.31. The molecule has 2 heterocycles. The fourth-order valence-corrected chi connectivity index (χ4v) is 3.10. The van der Waals surface area contributed by atoms with Crippen molar-refractivity contribution in [3.05, 3.63) is 0 Å². The normalized spacial score (nSPS) is 25.4. The van der Waals surface area contributed by atoms with Gasteiger partial charge in [-0.25, -0.2) is 9.59 Å². The lowest BCUT2D eigenvalue weighted by molar-refractivity contribution is -0.155. The van der Waals surface area contributed by atoms with Crippen molar-refractivity contribution in [1.82, 2.24) is 15.1 Å². The van der Waals surface area contributed by atoms with Crippen molar-refractivity contribution in [3.8, 4) is 0 Å². The van der Waals surface area contributed by atoms with Crippen molar-refractivity contribution in [2.24, 2.45) is 0 Å². The predicted molar refractivity (Wildman–Crippen MR) is 92.7 cm³/mol. The van der Waals surface area contributed by atoms with E-state index < -0.39 is 47.8 Å². The van der Waals surface area contributed by atoms with Gasteiger partial charge in [-0.15, -0.1) is 0 Å². The second kappa shape index (κ2) is 8.12. The first kappa shape index (κ1) is 20.9. The number of carboxylic acid groups (broad SMARTS) is 1. The Kier molecular flexibility index (Phi) is 6.30. The summed E-state index contributed by atoms with van der Waals surface area (Å²) in [7, 11) is 1.42. The Morgan fingerprint density at radius 3 is 2.56 bits per heavy atom. The molecule has 2 saturated heterocycles. The summed E-state index contributed by atoms with van der Waals surface area (Å²) in [6.45, 7) is 5.09. The smallest absolute Gasteiger partial charge is 0.410 e. The van der Waals surface area contributed by atoms with Crippen molar-refractivity contribution in [1.29, 1.82) is 0 Å². The van der Waals surface area contributed by atoms with E-state index in [1.165, 1.54) is 11.9 Å². The highest BCUT2D eigenvalue weighted by Crippen LogP contribution is 2.28. The molecule has 2 rings (SSSR count). The molecule has 0 aliphatic carbocycles. The number of carboxylic acids is 1. The summed E-state index contributed by atoms with van der Waals surface area (Å²) in [6, 6.07) is -1.85. The quantitative estimate of drug-likeness (QED) is 0.706. The van der Waals surface area contributed by atoms with Crippen LogP contribution < -0.4 is 5.32 Å². The molecule has 2 aliphatic heterocycles. The van der Waals surface area contributed by atoms with E-state index in [-0.39, 0.29) is 19.6 Å². The summed E-state index contributed by atoms with van der Waals surface area (Å²) in [5, 5.41) is 11.9. The van der Waals surface area contributed by atoms with Gasteiger partial charge in [-0.2, -0.15) is 0 Å². The third-order valence-corrected chi connectivity index (χ3v) is 4.31. The average molecular weight is 385 g/mol. The van der Waals surface area contributed by atoms with E-state index in [1.807, 2.05) is 0 Å².